The summed E-state index contributed by atoms with van der Waals surface area (Å²) in [5.74, 6) is 0.749. The van der Waals surface area contributed by atoms with Crippen molar-refractivity contribution < 1.29 is 9.59 Å². The third-order valence-electron chi connectivity index (χ3n) is 5.50. The van der Waals surface area contributed by atoms with E-state index in [1.807, 2.05) is 48.5 Å². The number of hydrogen-bond donors (Lipinski definition) is 2. The summed E-state index contributed by atoms with van der Waals surface area (Å²) in [5.41, 5.74) is 6.31. The van der Waals surface area contributed by atoms with E-state index in [1.165, 1.54) is 0 Å². The van der Waals surface area contributed by atoms with Gasteiger partial charge < -0.3 is 10.6 Å². The minimum atomic E-state index is -0.138. The van der Waals surface area contributed by atoms with E-state index in [9.17, 15) is 9.59 Å². The number of hydrogen-bond acceptors (Lipinski definition) is 3. The lowest BCUT2D eigenvalue weighted by Crippen LogP contribution is -2.17. The highest BCUT2D eigenvalue weighted by molar-refractivity contribution is 5.97. The van der Waals surface area contributed by atoms with E-state index in [2.05, 4.69) is 40.3 Å². The lowest BCUT2D eigenvalue weighted by Gasteiger charge is -2.14. The van der Waals surface area contributed by atoms with E-state index in [4.69, 9.17) is 4.98 Å². The third kappa shape index (κ3) is 4.25. The molecule has 0 saturated carbocycles. The molecule has 0 spiro atoms. The Morgan fingerprint density at radius 2 is 1.88 bits per heavy atom. The van der Waals surface area contributed by atoms with Gasteiger partial charge in [0, 0.05) is 30.4 Å². The second kappa shape index (κ2) is 9.47. The molecule has 4 rings (SSSR count). The summed E-state index contributed by atoms with van der Waals surface area (Å²) < 4.78 is 2.14. The fourth-order valence-corrected chi connectivity index (χ4v) is 4.00. The highest BCUT2D eigenvalue weighted by Crippen LogP contribution is 2.28. The zero-order chi connectivity index (χ0) is 22.5. The molecule has 1 heterocycles. The fraction of sp³-hybridized carbons (Fsp3) is 0.192. The molecule has 0 aliphatic carbocycles. The van der Waals surface area contributed by atoms with Gasteiger partial charge >= 0.3 is 0 Å². The Hall–Kier alpha value is -3.93. The van der Waals surface area contributed by atoms with Gasteiger partial charge in [0.2, 0.25) is 6.41 Å². The molecule has 32 heavy (non-hydrogen) atoms. The molecule has 0 unspecified atom stereocenters. The van der Waals surface area contributed by atoms with Crippen LogP contribution in [-0.4, -0.2) is 28.9 Å². The number of aryl methyl sites for hydroxylation is 1. The molecule has 162 valence electrons. The van der Waals surface area contributed by atoms with Gasteiger partial charge in [-0.15, -0.1) is 0 Å². The molecule has 0 bridgehead atoms. The van der Waals surface area contributed by atoms with Gasteiger partial charge in [-0.1, -0.05) is 43.7 Å². The predicted octanol–water partition coefficient (Wildman–Crippen LogP) is 4.50. The van der Waals surface area contributed by atoms with Crippen LogP contribution in [0.1, 0.15) is 40.7 Å². The number of nitrogens with zero attached hydrogens (tertiary/aromatic N) is 2. The molecular weight excluding hydrogens is 400 g/mol. The van der Waals surface area contributed by atoms with Crippen molar-refractivity contribution in [2.24, 2.45) is 0 Å². The minimum absolute atomic E-state index is 0.138. The van der Waals surface area contributed by atoms with Crippen molar-refractivity contribution in [3.63, 3.8) is 0 Å². The van der Waals surface area contributed by atoms with E-state index in [-0.39, 0.29) is 5.91 Å². The number of amides is 2. The number of benzene rings is 3. The number of aromatic nitrogens is 2. The van der Waals surface area contributed by atoms with Gasteiger partial charge in [-0.2, -0.15) is 0 Å². The maximum Gasteiger partial charge on any atom is 0.251 e. The largest absolute Gasteiger partial charge is 0.355 e. The molecule has 0 aliphatic rings. The van der Waals surface area contributed by atoms with E-state index >= 15 is 0 Å². The number of carbonyl (C=O) groups excluding carboxylic acids is 2. The van der Waals surface area contributed by atoms with Gasteiger partial charge in [0.05, 0.1) is 11.0 Å². The number of carbonyl (C=O) groups is 2. The van der Waals surface area contributed by atoms with Gasteiger partial charge in [0.1, 0.15) is 5.82 Å². The van der Waals surface area contributed by atoms with Crippen molar-refractivity contribution in [1.29, 1.82) is 0 Å². The Morgan fingerprint density at radius 3 is 2.59 bits per heavy atom. The van der Waals surface area contributed by atoms with Crippen LogP contribution in [0.5, 0.6) is 0 Å². The van der Waals surface area contributed by atoms with E-state index in [0.29, 0.717) is 18.4 Å². The number of imidazole rings is 1. The van der Waals surface area contributed by atoms with Crippen LogP contribution >= 0.6 is 0 Å². The molecule has 3 aromatic carbocycles. The zero-order valence-electron chi connectivity index (χ0n) is 18.3. The van der Waals surface area contributed by atoms with E-state index in [1.54, 1.807) is 7.05 Å². The topological polar surface area (TPSA) is 76.0 Å². The molecular formula is C26H26N4O2. The lowest BCUT2D eigenvalue weighted by atomic mass is 10.1. The Balaban J connectivity index is 1.89. The summed E-state index contributed by atoms with van der Waals surface area (Å²) in [4.78, 5) is 28.1. The maximum absolute atomic E-state index is 12.1. The minimum Gasteiger partial charge on any atom is -0.355 e. The summed E-state index contributed by atoms with van der Waals surface area (Å²) in [6.45, 7) is 2.12. The molecule has 0 saturated heterocycles. The molecule has 2 N–H and O–H groups in total. The quantitative estimate of drug-likeness (QED) is 0.408. The van der Waals surface area contributed by atoms with Crippen LogP contribution in [0.4, 0.5) is 5.69 Å². The Bertz CT molecular complexity index is 1260. The number of fused-ring (bicyclic) bond motifs is 1. The number of nitrogens with one attached hydrogen (secondary N) is 2. The molecule has 0 atom stereocenters. The lowest BCUT2D eigenvalue weighted by molar-refractivity contribution is -0.105. The first-order valence-corrected chi connectivity index (χ1v) is 10.8. The molecule has 2 amide bonds. The number of rotatable bonds is 8. The number of anilines is 1. The van der Waals surface area contributed by atoms with E-state index < -0.39 is 0 Å². The average molecular weight is 427 g/mol. The van der Waals surface area contributed by atoms with Crippen molar-refractivity contribution >= 4 is 29.0 Å². The molecule has 6 nitrogen and oxygen atoms in total. The average Bonchev–Trinajstić information content (AvgIpc) is 3.17. The second-order valence-electron chi connectivity index (χ2n) is 7.66. The van der Waals surface area contributed by atoms with Crippen molar-refractivity contribution in [2.75, 3.05) is 12.4 Å². The highest BCUT2D eigenvalue weighted by Gasteiger charge is 2.16. The highest BCUT2D eigenvalue weighted by atomic mass is 16.1. The standard InChI is InChI=1S/C26H26N4O2/c1-3-7-19-15-21(11-12-22(19)28-17-31)30-24-13-10-20(26(32)27-2)16-23(24)29-25(30)14-18-8-5-4-6-9-18/h4-6,8-13,15-17H,3,7,14H2,1-2H3,(H,27,32)(H,28,31). The summed E-state index contributed by atoms with van der Waals surface area (Å²) in [6, 6.07) is 21.8. The first kappa shape index (κ1) is 21.3. The van der Waals surface area contributed by atoms with Crippen LogP contribution in [-0.2, 0) is 17.6 Å². The van der Waals surface area contributed by atoms with Gasteiger partial charge in [-0.05, 0) is 53.9 Å². The maximum atomic E-state index is 12.1. The van der Waals surface area contributed by atoms with Gasteiger partial charge in [-0.25, -0.2) is 4.98 Å². The Morgan fingerprint density at radius 1 is 1.06 bits per heavy atom. The molecule has 4 aromatic rings. The first-order valence-electron chi connectivity index (χ1n) is 10.8. The molecule has 0 radical (unpaired) electrons. The fourth-order valence-electron chi connectivity index (χ4n) is 4.00. The zero-order valence-corrected chi connectivity index (χ0v) is 18.3. The SMILES string of the molecule is CCCc1cc(-n2c(Cc3ccccc3)nc3cc(C(=O)NC)ccc32)ccc1NC=O. The molecule has 1 aromatic heterocycles. The third-order valence-corrected chi connectivity index (χ3v) is 5.50. The normalized spacial score (nSPS) is 10.8. The summed E-state index contributed by atoms with van der Waals surface area (Å²) in [6.07, 6.45) is 3.18. The molecule has 0 fully saturated rings. The summed E-state index contributed by atoms with van der Waals surface area (Å²) in [7, 11) is 1.62. The van der Waals surface area contributed by atoms with Crippen LogP contribution in [0, 0.1) is 0 Å². The van der Waals surface area contributed by atoms with Gasteiger partial charge in [-0.3, -0.25) is 14.2 Å². The van der Waals surface area contributed by atoms with E-state index in [0.717, 1.165) is 52.2 Å². The smallest absolute Gasteiger partial charge is 0.251 e. The first-order chi connectivity index (χ1) is 15.6. The van der Waals surface area contributed by atoms with Crippen molar-refractivity contribution in [3.8, 4) is 5.69 Å². The summed E-state index contributed by atoms with van der Waals surface area (Å²) >= 11 is 0. The monoisotopic (exact) mass is 426 g/mol. The van der Waals surface area contributed by atoms with Gasteiger partial charge in [0.25, 0.3) is 5.91 Å². The summed E-state index contributed by atoms with van der Waals surface area (Å²) in [5, 5.41) is 5.47. The van der Waals surface area contributed by atoms with Crippen LogP contribution < -0.4 is 10.6 Å². The Labute approximate surface area is 187 Å². The van der Waals surface area contributed by atoms with Gasteiger partial charge in [0.15, 0.2) is 0 Å². The molecule has 6 heteroatoms. The second-order valence-corrected chi connectivity index (χ2v) is 7.66. The van der Waals surface area contributed by atoms with Crippen LogP contribution in [0.25, 0.3) is 16.7 Å². The molecule has 0 aliphatic heterocycles. The van der Waals surface area contributed by atoms with Crippen LogP contribution in [0.15, 0.2) is 66.7 Å². The Kier molecular flexibility index (Phi) is 6.31. The van der Waals surface area contributed by atoms with Crippen LogP contribution in [0.3, 0.4) is 0 Å². The van der Waals surface area contributed by atoms with Crippen LogP contribution in [0.2, 0.25) is 0 Å². The van der Waals surface area contributed by atoms with Crippen molar-refractivity contribution in [2.45, 2.75) is 26.2 Å². The predicted molar refractivity (Wildman–Crippen MR) is 127 cm³/mol. The van der Waals surface area contributed by atoms with Crippen molar-refractivity contribution in [3.05, 3.63) is 89.2 Å². The van der Waals surface area contributed by atoms with Crippen molar-refractivity contribution in [1.82, 2.24) is 14.9 Å².